The second-order valence-electron chi connectivity index (χ2n) is 8.57. The third-order valence-electron chi connectivity index (χ3n) is 6.61. The van der Waals surface area contributed by atoms with E-state index in [4.69, 9.17) is 10.5 Å². The van der Waals surface area contributed by atoms with Crippen LogP contribution in [-0.2, 0) is 24.4 Å². The molecule has 8 heteroatoms. The van der Waals surface area contributed by atoms with Gasteiger partial charge in [0, 0.05) is 48.2 Å². The number of carbonyl (C=O) groups excluding carboxylic acids is 1. The van der Waals surface area contributed by atoms with Gasteiger partial charge in [-0.15, -0.1) is 0 Å². The van der Waals surface area contributed by atoms with Crippen LogP contribution < -0.4 is 16.4 Å². The van der Waals surface area contributed by atoms with Crippen LogP contribution in [0.25, 0.3) is 11.3 Å². The summed E-state index contributed by atoms with van der Waals surface area (Å²) in [5.74, 6) is -0.545. The van der Waals surface area contributed by atoms with Crippen LogP contribution >= 0.6 is 0 Å². The summed E-state index contributed by atoms with van der Waals surface area (Å²) in [5, 5.41) is 6.00. The van der Waals surface area contributed by atoms with E-state index in [9.17, 15) is 4.79 Å². The zero-order valence-electron chi connectivity index (χ0n) is 17.2. The van der Waals surface area contributed by atoms with Crippen molar-refractivity contribution in [3.63, 3.8) is 0 Å². The predicted molar refractivity (Wildman–Crippen MR) is 112 cm³/mol. The number of ether oxygens (including phenoxy) is 1. The average Bonchev–Trinajstić information content (AvgIpc) is 3.35. The first-order chi connectivity index (χ1) is 14.5. The smallest absolute Gasteiger partial charge is 0.254 e. The summed E-state index contributed by atoms with van der Waals surface area (Å²) >= 11 is 0. The van der Waals surface area contributed by atoms with Gasteiger partial charge in [-0.1, -0.05) is 19.8 Å². The maximum atomic E-state index is 15.3. The van der Waals surface area contributed by atoms with Crippen molar-refractivity contribution >= 4 is 11.7 Å². The maximum absolute atomic E-state index is 15.3. The molecular weight excluding hydrogens is 385 g/mol. The highest BCUT2D eigenvalue weighted by Gasteiger charge is 2.32. The number of rotatable bonds is 4. The van der Waals surface area contributed by atoms with Crippen LogP contribution in [0, 0.1) is 5.82 Å². The van der Waals surface area contributed by atoms with Gasteiger partial charge in [0.05, 0.1) is 24.0 Å². The number of nitrogens with two attached hydrogens (primary N) is 1. The van der Waals surface area contributed by atoms with Crippen molar-refractivity contribution < 1.29 is 13.9 Å². The van der Waals surface area contributed by atoms with Crippen LogP contribution in [-0.4, -0.2) is 33.6 Å². The van der Waals surface area contributed by atoms with E-state index in [2.05, 4.69) is 27.1 Å². The van der Waals surface area contributed by atoms with E-state index < -0.39 is 5.82 Å². The van der Waals surface area contributed by atoms with Gasteiger partial charge in [0.15, 0.2) is 11.6 Å². The topological polar surface area (TPSA) is 94.2 Å². The molecule has 1 saturated carbocycles. The number of halogens is 1. The van der Waals surface area contributed by atoms with Gasteiger partial charge < -0.3 is 25.7 Å². The number of anilines is 1. The summed E-state index contributed by atoms with van der Waals surface area (Å²) in [5.41, 5.74) is 9.34. The van der Waals surface area contributed by atoms with Crippen LogP contribution in [0.1, 0.15) is 60.6 Å². The SMILES string of the molecule is CCC1Cn2cc(-c3nc(N[C@@H]4CCCC[C@@H]4N)c(F)c4c3C(=O)NC4)cc2CO1. The lowest BCUT2D eigenvalue weighted by molar-refractivity contribution is 0.00269. The molecule has 0 spiro atoms. The van der Waals surface area contributed by atoms with E-state index in [1.54, 1.807) is 0 Å². The van der Waals surface area contributed by atoms with Gasteiger partial charge in [0.2, 0.25) is 0 Å². The molecule has 7 nitrogen and oxygen atoms in total. The number of hydrogen-bond donors (Lipinski definition) is 3. The van der Waals surface area contributed by atoms with Crippen molar-refractivity contribution in [1.29, 1.82) is 0 Å². The van der Waals surface area contributed by atoms with E-state index in [1.165, 1.54) is 0 Å². The molecule has 1 unspecified atom stereocenters. The normalized spacial score (nSPS) is 25.6. The Bertz CT molecular complexity index is 988. The lowest BCUT2D eigenvalue weighted by Crippen LogP contribution is -2.43. The second kappa shape index (κ2) is 7.67. The number of hydrogen-bond acceptors (Lipinski definition) is 5. The van der Waals surface area contributed by atoms with Crippen LogP contribution in [0.2, 0.25) is 0 Å². The molecule has 1 amide bonds. The summed E-state index contributed by atoms with van der Waals surface area (Å²) in [6, 6.07) is 1.95. The van der Waals surface area contributed by atoms with Gasteiger partial charge in [-0.25, -0.2) is 9.37 Å². The van der Waals surface area contributed by atoms with Crippen LogP contribution in [0.15, 0.2) is 12.3 Å². The Balaban J connectivity index is 1.56. The summed E-state index contributed by atoms with van der Waals surface area (Å²) in [6.45, 7) is 3.57. The molecule has 4 N–H and O–H groups in total. The van der Waals surface area contributed by atoms with E-state index >= 15 is 4.39 Å². The molecular formula is C22H28FN5O2. The van der Waals surface area contributed by atoms with E-state index in [0.29, 0.717) is 23.4 Å². The number of amides is 1. The highest BCUT2D eigenvalue weighted by atomic mass is 19.1. The minimum atomic E-state index is -0.455. The van der Waals surface area contributed by atoms with E-state index in [-0.39, 0.29) is 36.5 Å². The van der Waals surface area contributed by atoms with Gasteiger partial charge in [-0.3, -0.25) is 4.79 Å². The fourth-order valence-electron chi connectivity index (χ4n) is 4.80. The Morgan fingerprint density at radius 3 is 3.03 bits per heavy atom. The molecule has 0 aromatic carbocycles. The molecule has 3 aliphatic rings. The molecule has 5 rings (SSSR count). The van der Waals surface area contributed by atoms with Gasteiger partial charge in [-0.2, -0.15) is 0 Å². The fourth-order valence-corrected chi connectivity index (χ4v) is 4.80. The van der Waals surface area contributed by atoms with Gasteiger partial charge in [0.25, 0.3) is 5.91 Å². The molecule has 1 fully saturated rings. The third kappa shape index (κ3) is 3.28. The Morgan fingerprint density at radius 1 is 1.40 bits per heavy atom. The standard InChI is InChI=1S/C22H28FN5O2/c1-2-14-10-28-9-12(7-13(28)11-30-14)20-18-15(8-25-22(18)29)19(23)21(27-20)26-17-6-4-3-5-16(17)24/h7,9,14,16-17H,2-6,8,10-11,24H2,1H3,(H,25,29)(H,26,27)/t14?,16-,17+/m0/s1. The number of fused-ring (bicyclic) bond motifs is 2. The van der Waals surface area contributed by atoms with Gasteiger partial charge in [0.1, 0.15) is 0 Å². The monoisotopic (exact) mass is 413 g/mol. The second-order valence-corrected chi connectivity index (χ2v) is 8.57. The molecule has 0 radical (unpaired) electrons. The minimum Gasteiger partial charge on any atom is -0.370 e. The van der Waals surface area contributed by atoms with Crippen LogP contribution in [0.5, 0.6) is 0 Å². The number of nitrogens with zero attached hydrogens (tertiary/aromatic N) is 2. The van der Waals surface area contributed by atoms with E-state index in [1.807, 2.05) is 12.3 Å². The summed E-state index contributed by atoms with van der Waals surface area (Å²) < 4.78 is 23.3. The lowest BCUT2D eigenvalue weighted by atomic mass is 9.91. The first-order valence-electron chi connectivity index (χ1n) is 10.9. The van der Waals surface area contributed by atoms with Crippen molar-refractivity contribution in [2.45, 2.75) is 76.9 Å². The van der Waals surface area contributed by atoms with Gasteiger partial charge >= 0.3 is 0 Å². The quantitative estimate of drug-likeness (QED) is 0.717. The molecule has 3 atom stereocenters. The molecule has 0 bridgehead atoms. The minimum absolute atomic E-state index is 0.0160. The number of carbonyl (C=O) groups is 1. The average molecular weight is 413 g/mol. The first-order valence-corrected chi connectivity index (χ1v) is 10.9. The molecule has 1 aliphatic carbocycles. The largest absolute Gasteiger partial charge is 0.370 e. The van der Waals surface area contributed by atoms with Crippen molar-refractivity contribution in [3.05, 3.63) is 34.9 Å². The Labute approximate surface area is 175 Å². The maximum Gasteiger partial charge on any atom is 0.254 e. The summed E-state index contributed by atoms with van der Waals surface area (Å²) in [7, 11) is 0. The van der Waals surface area contributed by atoms with Gasteiger partial charge in [-0.05, 0) is 25.3 Å². The van der Waals surface area contributed by atoms with Crippen LogP contribution in [0.4, 0.5) is 10.2 Å². The lowest BCUT2D eigenvalue weighted by Gasteiger charge is -2.30. The molecule has 0 saturated heterocycles. The number of pyridine rings is 1. The Hall–Kier alpha value is -2.45. The van der Waals surface area contributed by atoms with E-state index in [0.717, 1.165) is 49.9 Å². The molecule has 2 aromatic heterocycles. The van der Waals surface area contributed by atoms with Crippen molar-refractivity contribution in [2.75, 3.05) is 5.32 Å². The summed E-state index contributed by atoms with van der Waals surface area (Å²) in [4.78, 5) is 17.1. The predicted octanol–water partition coefficient (Wildman–Crippen LogP) is 2.92. The van der Waals surface area contributed by atoms with Crippen LogP contribution in [0.3, 0.4) is 0 Å². The molecule has 160 valence electrons. The highest BCUT2D eigenvalue weighted by molar-refractivity contribution is 6.04. The van der Waals surface area contributed by atoms with Crippen molar-refractivity contribution in [2.24, 2.45) is 5.73 Å². The third-order valence-corrected chi connectivity index (χ3v) is 6.61. The Morgan fingerprint density at radius 2 is 2.23 bits per heavy atom. The zero-order valence-corrected chi connectivity index (χ0v) is 17.2. The molecule has 2 aromatic rings. The van der Waals surface area contributed by atoms with Crippen molar-refractivity contribution in [3.8, 4) is 11.3 Å². The molecule has 30 heavy (non-hydrogen) atoms. The zero-order chi connectivity index (χ0) is 20.8. The first kappa shape index (κ1) is 19.5. The molecule has 2 aliphatic heterocycles. The van der Waals surface area contributed by atoms with Crippen molar-refractivity contribution in [1.82, 2.24) is 14.9 Å². The molecule has 4 heterocycles. The summed E-state index contributed by atoms with van der Waals surface area (Å²) in [6.07, 6.45) is 7.09. The number of aromatic nitrogens is 2. The number of nitrogens with one attached hydrogen (secondary N) is 2. The fraction of sp³-hybridized carbons (Fsp3) is 0.545. The highest BCUT2D eigenvalue weighted by Crippen LogP contribution is 2.35. The Kier molecular flexibility index (Phi) is 4.99.